The minimum atomic E-state index is -0.750. The summed E-state index contributed by atoms with van der Waals surface area (Å²) < 4.78 is 0. The normalized spacial score (nSPS) is 14.4. The van der Waals surface area contributed by atoms with E-state index < -0.39 is 5.97 Å². The molecular weight excluding hydrogens is 202 g/mol. The first-order valence-corrected chi connectivity index (χ1v) is 5.50. The third kappa shape index (κ3) is 3.35. The van der Waals surface area contributed by atoms with E-state index in [0.29, 0.717) is 0 Å². The van der Waals surface area contributed by atoms with Gasteiger partial charge in [-0.1, -0.05) is 36.8 Å². The quantitative estimate of drug-likeness (QED) is 0.802. The lowest BCUT2D eigenvalue weighted by molar-refractivity contribution is -0.138. The van der Waals surface area contributed by atoms with Crippen LogP contribution < -0.4 is 5.32 Å². The number of hydrogen-bond donors (Lipinski definition) is 2. The molecule has 0 fully saturated rings. The van der Waals surface area contributed by atoms with Crippen molar-refractivity contribution in [3.63, 3.8) is 0 Å². The summed E-state index contributed by atoms with van der Waals surface area (Å²) in [5.41, 5.74) is 2.34. The largest absolute Gasteiger partial charge is 0.481 e. The smallest absolute Gasteiger partial charge is 0.303 e. The molecule has 0 aromatic heterocycles. The van der Waals surface area contributed by atoms with Crippen molar-refractivity contribution < 1.29 is 9.90 Å². The Morgan fingerprint density at radius 3 is 2.69 bits per heavy atom. The van der Waals surface area contributed by atoms with Gasteiger partial charge in [0, 0.05) is 12.5 Å². The third-order valence-corrected chi connectivity index (χ3v) is 2.78. The molecular formula is C13H19NO2. The Labute approximate surface area is 96.5 Å². The van der Waals surface area contributed by atoms with Crippen molar-refractivity contribution in [2.75, 3.05) is 7.05 Å². The lowest BCUT2D eigenvalue weighted by Gasteiger charge is -2.23. The van der Waals surface area contributed by atoms with E-state index in [2.05, 4.69) is 11.4 Å². The SMILES string of the molecule is CNC(c1cccc(C)c1)C(C)CC(=O)O. The summed E-state index contributed by atoms with van der Waals surface area (Å²) in [5, 5.41) is 12.0. The highest BCUT2D eigenvalue weighted by atomic mass is 16.4. The Bertz CT molecular complexity index is 363. The van der Waals surface area contributed by atoms with Gasteiger partial charge in [-0.25, -0.2) is 0 Å². The molecule has 0 radical (unpaired) electrons. The van der Waals surface area contributed by atoms with Gasteiger partial charge in [-0.05, 0) is 25.5 Å². The van der Waals surface area contributed by atoms with Crippen molar-refractivity contribution in [1.29, 1.82) is 0 Å². The van der Waals surface area contributed by atoms with Crippen molar-refractivity contribution in [2.24, 2.45) is 5.92 Å². The van der Waals surface area contributed by atoms with Gasteiger partial charge in [0.15, 0.2) is 0 Å². The molecule has 0 heterocycles. The van der Waals surface area contributed by atoms with Gasteiger partial charge in [-0.2, -0.15) is 0 Å². The van der Waals surface area contributed by atoms with E-state index in [-0.39, 0.29) is 18.4 Å². The number of aryl methyl sites for hydroxylation is 1. The molecule has 1 aromatic carbocycles. The van der Waals surface area contributed by atoms with Crippen molar-refractivity contribution in [2.45, 2.75) is 26.3 Å². The molecule has 0 amide bonds. The summed E-state index contributed by atoms with van der Waals surface area (Å²) in [4.78, 5) is 10.7. The Morgan fingerprint density at radius 1 is 1.50 bits per heavy atom. The average molecular weight is 221 g/mol. The lowest BCUT2D eigenvalue weighted by atomic mass is 9.91. The number of rotatable bonds is 5. The first-order chi connectivity index (χ1) is 7.54. The second-order valence-corrected chi connectivity index (χ2v) is 4.26. The molecule has 88 valence electrons. The molecule has 2 unspecified atom stereocenters. The van der Waals surface area contributed by atoms with Gasteiger partial charge in [-0.3, -0.25) is 4.79 Å². The fraction of sp³-hybridized carbons (Fsp3) is 0.462. The van der Waals surface area contributed by atoms with Gasteiger partial charge >= 0.3 is 5.97 Å². The zero-order chi connectivity index (χ0) is 12.1. The second-order valence-electron chi connectivity index (χ2n) is 4.26. The van der Waals surface area contributed by atoms with E-state index in [1.165, 1.54) is 5.56 Å². The Balaban J connectivity index is 2.85. The van der Waals surface area contributed by atoms with Crippen LogP contribution >= 0.6 is 0 Å². The van der Waals surface area contributed by atoms with Crippen molar-refractivity contribution in [3.8, 4) is 0 Å². The average Bonchev–Trinajstić information content (AvgIpc) is 2.17. The zero-order valence-corrected chi connectivity index (χ0v) is 10.0. The Morgan fingerprint density at radius 2 is 2.19 bits per heavy atom. The van der Waals surface area contributed by atoms with E-state index in [0.717, 1.165) is 5.56 Å². The highest BCUT2D eigenvalue weighted by Crippen LogP contribution is 2.24. The van der Waals surface area contributed by atoms with Crippen LogP contribution in [0, 0.1) is 12.8 Å². The van der Waals surface area contributed by atoms with Crippen LogP contribution in [0.4, 0.5) is 0 Å². The summed E-state index contributed by atoms with van der Waals surface area (Å²) in [7, 11) is 1.87. The van der Waals surface area contributed by atoms with E-state index in [1.807, 2.05) is 39.1 Å². The molecule has 16 heavy (non-hydrogen) atoms. The fourth-order valence-corrected chi connectivity index (χ4v) is 2.04. The zero-order valence-electron chi connectivity index (χ0n) is 10.0. The maximum atomic E-state index is 10.7. The molecule has 0 aliphatic heterocycles. The first kappa shape index (κ1) is 12.7. The van der Waals surface area contributed by atoms with E-state index >= 15 is 0 Å². The van der Waals surface area contributed by atoms with E-state index in [4.69, 9.17) is 5.11 Å². The molecule has 3 heteroatoms. The fourth-order valence-electron chi connectivity index (χ4n) is 2.04. The van der Waals surface area contributed by atoms with Gasteiger partial charge in [0.25, 0.3) is 0 Å². The van der Waals surface area contributed by atoms with Crippen LogP contribution in [-0.2, 0) is 4.79 Å². The number of carboxylic acids is 1. The van der Waals surface area contributed by atoms with E-state index in [9.17, 15) is 4.79 Å². The number of benzene rings is 1. The van der Waals surface area contributed by atoms with Crippen LogP contribution in [0.5, 0.6) is 0 Å². The number of carbonyl (C=O) groups is 1. The molecule has 0 spiro atoms. The van der Waals surface area contributed by atoms with Crippen LogP contribution in [0.3, 0.4) is 0 Å². The van der Waals surface area contributed by atoms with Gasteiger partial charge in [0.1, 0.15) is 0 Å². The van der Waals surface area contributed by atoms with Crippen LogP contribution in [0.1, 0.15) is 30.5 Å². The first-order valence-electron chi connectivity index (χ1n) is 5.50. The molecule has 0 aliphatic rings. The van der Waals surface area contributed by atoms with Crippen LogP contribution in [0.2, 0.25) is 0 Å². The molecule has 0 saturated carbocycles. The molecule has 0 aliphatic carbocycles. The Hall–Kier alpha value is -1.35. The molecule has 1 aromatic rings. The van der Waals surface area contributed by atoms with Gasteiger partial charge < -0.3 is 10.4 Å². The standard InChI is InChI=1S/C13H19NO2/c1-9-5-4-6-11(7-9)13(14-3)10(2)8-12(15)16/h4-7,10,13-14H,8H2,1-3H3,(H,15,16). The second kappa shape index (κ2) is 5.66. The van der Waals surface area contributed by atoms with Gasteiger partial charge in [0.2, 0.25) is 0 Å². The van der Waals surface area contributed by atoms with Crippen molar-refractivity contribution in [3.05, 3.63) is 35.4 Å². The van der Waals surface area contributed by atoms with Crippen molar-refractivity contribution in [1.82, 2.24) is 5.32 Å². The van der Waals surface area contributed by atoms with Crippen LogP contribution in [-0.4, -0.2) is 18.1 Å². The number of aliphatic carboxylic acids is 1. The highest BCUT2D eigenvalue weighted by molar-refractivity contribution is 5.67. The molecule has 0 bridgehead atoms. The molecule has 0 saturated heterocycles. The van der Waals surface area contributed by atoms with Crippen molar-refractivity contribution >= 4 is 5.97 Å². The predicted octanol–water partition coefficient (Wildman–Crippen LogP) is 2.37. The minimum Gasteiger partial charge on any atom is -0.481 e. The summed E-state index contributed by atoms with van der Waals surface area (Å²) in [6.45, 7) is 4.00. The van der Waals surface area contributed by atoms with Gasteiger partial charge in [-0.15, -0.1) is 0 Å². The van der Waals surface area contributed by atoms with Gasteiger partial charge in [0.05, 0.1) is 0 Å². The minimum absolute atomic E-state index is 0.0734. The maximum absolute atomic E-state index is 10.7. The third-order valence-electron chi connectivity index (χ3n) is 2.78. The number of nitrogens with one attached hydrogen (secondary N) is 1. The summed E-state index contributed by atoms with van der Waals surface area (Å²) in [5.74, 6) is -0.676. The summed E-state index contributed by atoms with van der Waals surface area (Å²) in [6, 6.07) is 8.27. The van der Waals surface area contributed by atoms with Crippen LogP contribution in [0.15, 0.2) is 24.3 Å². The summed E-state index contributed by atoms with van der Waals surface area (Å²) >= 11 is 0. The molecule has 1 rings (SSSR count). The maximum Gasteiger partial charge on any atom is 0.303 e. The number of carboxylic acid groups (broad SMARTS) is 1. The predicted molar refractivity (Wildman–Crippen MR) is 64.4 cm³/mol. The molecule has 3 nitrogen and oxygen atoms in total. The topological polar surface area (TPSA) is 49.3 Å². The Kier molecular flexibility index (Phi) is 4.50. The monoisotopic (exact) mass is 221 g/mol. The van der Waals surface area contributed by atoms with E-state index in [1.54, 1.807) is 0 Å². The van der Waals surface area contributed by atoms with Crippen LogP contribution in [0.25, 0.3) is 0 Å². The molecule has 2 atom stereocenters. The highest BCUT2D eigenvalue weighted by Gasteiger charge is 2.19. The summed E-state index contributed by atoms with van der Waals surface area (Å²) in [6.07, 6.45) is 0.180. The number of hydrogen-bond acceptors (Lipinski definition) is 2. The lowest BCUT2D eigenvalue weighted by Crippen LogP contribution is -2.25. The molecule has 2 N–H and O–H groups in total.